The largest absolute Gasteiger partial charge is 0.493 e. The summed E-state index contributed by atoms with van der Waals surface area (Å²) in [6, 6.07) is 14.3. The molecule has 28 heavy (non-hydrogen) atoms. The van der Waals surface area contributed by atoms with Crippen LogP contribution in [0.5, 0.6) is 11.5 Å². The third-order valence-electron chi connectivity index (χ3n) is 6.18. The number of methoxy groups -OCH3 is 2. The molecular weight excluding hydrogens is 352 g/mol. The fraction of sp³-hybridized carbons (Fsp3) is 0.435. The number of benzene rings is 2. The molecule has 1 saturated heterocycles. The van der Waals surface area contributed by atoms with Gasteiger partial charge in [0.2, 0.25) is 5.91 Å². The van der Waals surface area contributed by atoms with Crippen LogP contribution >= 0.6 is 0 Å². The summed E-state index contributed by atoms with van der Waals surface area (Å²) in [6.45, 7) is 4.64. The highest BCUT2D eigenvalue weighted by Gasteiger charge is 2.38. The second-order valence-corrected chi connectivity index (χ2v) is 7.71. The van der Waals surface area contributed by atoms with E-state index in [1.165, 1.54) is 5.56 Å². The average molecular weight is 380 g/mol. The summed E-state index contributed by atoms with van der Waals surface area (Å²) in [5.41, 5.74) is 3.47. The number of nitrogens with zero attached hydrogens (tertiary/aromatic N) is 1. The van der Waals surface area contributed by atoms with E-state index in [4.69, 9.17) is 9.47 Å². The molecular formula is C23H28N2O3. The summed E-state index contributed by atoms with van der Waals surface area (Å²) in [5, 5.41) is 3.29. The fourth-order valence-electron chi connectivity index (χ4n) is 4.31. The summed E-state index contributed by atoms with van der Waals surface area (Å²) < 4.78 is 11.1. The molecule has 2 aromatic rings. The van der Waals surface area contributed by atoms with Crippen LogP contribution in [0.4, 0.5) is 0 Å². The van der Waals surface area contributed by atoms with E-state index in [1.54, 1.807) is 14.2 Å². The van der Waals surface area contributed by atoms with Crippen LogP contribution in [0.15, 0.2) is 42.5 Å². The SMILES string of the molecule is COc1cc2c(cc1OC)C(c1ccccc1)N(C(=O)C(C)C1CNC1)CC2. The van der Waals surface area contributed by atoms with Crippen molar-refractivity contribution < 1.29 is 14.3 Å². The molecule has 1 fully saturated rings. The lowest BCUT2D eigenvalue weighted by atomic mass is 9.83. The van der Waals surface area contributed by atoms with Gasteiger partial charge in [-0.15, -0.1) is 0 Å². The number of fused-ring (bicyclic) bond motifs is 1. The van der Waals surface area contributed by atoms with Crippen LogP contribution in [-0.2, 0) is 11.2 Å². The van der Waals surface area contributed by atoms with Crippen molar-refractivity contribution in [2.45, 2.75) is 19.4 Å². The quantitative estimate of drug-likeness (QED) is 0.866. The van der Waals surface area contributed by atoms with E-state index in [2.05, 4.69) is 35.3 Å². The van der Waals surface area contributed by atoms with Crippen molar-refractivity contribution >= 4 is 5.91 Å². The highest BCUT2D eigenvalue weighted by atomic mass is 16.5. The van der Waals surface area contributed by atoms with E-state index in [9.17, 15) is 4.79 Å². The predicted octanol–water partition coefficient (Wildman–Crippen LogP) is 3.03. The third kappa shape index (κ3) is 3.24. The number of rotatable bonds is 5. The molecule has 0 radical (unpaired) electrons. The van der Waals surface area contributed by atoms with Gasteiger partial charge in [-0.05, 0) is 54.3 Å². The van der Waals surface area contributed by atoms with Gasteiger partial charge in [0.05, 0.1) is 20.3 Å². The lowest BCUT2D eigenvalue weighted by molar-refractivity contribution is -0.139. The van der Waals surface area contributed by atoms with Crippen molar-refractivity contribution in [1.82, 2.24) is 10.2 Å². The molecule has 148 valence electrons. The van der Waals surface area contributed by atoms with Crippen molar-refractivity contribution in [3.63, 3.8) is 0 Å². The minimum Gasteiger partial charge on any atom is -0.493 e. The topological polar surface area (TPSA) is 50.8 Å². The first-order chi connectivity index (χ1) is 13.6. The first kappa shape index (κ1) is 18.8. The van der Waals surface area contributed by atoms with Crippen LogP contribution in [-0.4, -0.2) is 44.7 Å². The number of nitrogens with one attached hydrogen (secondary N) is 1. The van der Waals surface area contributed by atoms with Crippen molar-refractivity contribution in [3.05, 3.63) is 59.2 Å². The Bertz CT molecular complexity index is 848. The third-order valence-corrected chi connectivity index (χ3v) is 6.18. The van der Waals surface area contributed by atoms with Gasteiger partial charge in [0.25, 0.3) is 0 Å². The molecule has 1 amide bonds. The van der Waals surface area contributed by atoms with E-state index >= 15 is 0 Å². The van der Waals surface area contributed by atoms with Crippen LogP contribution in [0.25, 0.3) is 0 Å². The van der Waals surface area contributed by atoms with Gasteiger partial charge in [-0.2, -0.15) is 0 Å². The van der Waals surface area contributed by atoms with Crippen LogP contribution in [0, 0.1) is 11.8 Å². The van der Waals surface area contributed by atoms with E-state index in [1.807, 2.05) is 24.3 Å². The van der Waals surface area contributed by atoms with Gasteiger partial charge in [-0.1, -0.05) is 37.3 Å². The normalized spacial score (nSPS) is 20.1. The van der Waals surface area contributed by atoms with Gasteiger partial charge in [0.15, 0.2) is 11.5 Å². The molecule has 0 spiro atoms. The van der Waals surface area contributed by atoms with Crippen LogP contribution in [0.1, 0.15) is 29.7 Å². The Labute approximate surface area is 166 Å². The highest BCUT2D eigenvalue weighted by Crippen LogP contribution is 2.41. The molecule has 5 heteroatoms. The number of carbonyl (C=O) groups excluding carboxylic acids is 1. The molecule has 4 rings (SSSR count). The zero-order valence-electron chi connectivity index (χ0n) is 16.8. The van der Waals surface area contributed by atoms with Crippen LogP contribution in [0.2, 0.25) is 0 Å². The van der Waals surface area contributed by atoms with Gasteiger partial charge in [-0.25, -0.2) is 0 Å². The number of amides is 1. The van der Waals surface area contributed by atoms with Crippen molar-refractivity contribution in [2.75, 3.05) is 33.9 Å². The first-order valence-electron chi connectivity index (χ1n) is 9.95. The standard InChI is InChI=1S/C23H28N2O3/c1-15(18-13-24-14-18)23(26)25-10-9-17-11-20(27-2)21(28-3)12-19(17)22(25)16-7-5-4-6-8-16/h4-8,11-12,15,18,22,24H,9-10,13-14H2,1-3H3. The summed E-state index contributed by atoms with van der Waals surface area (Å²) in [4.78, 5) is 15.5. The van der Waals surface area contributed by atoms with Crippen LogP contribution < -0.4 is 14.8 Å². The van der Waals surface area contributed by atoms with Gasteiger partial charge in [0.1, 0.15) is 0 Å². The van der Waals surface area contributed by atoms with E-state index < -0.39 is 0 Å². The molecule has 2 heterocycles. The summed E-state index contributed by atoms with van der Waals surface area (Å²) in [7, 11) is 3.31. The maximum atomic E-state index is 13.4. The smallest absolute Gasteiger partial charge is 0.226 e. The molecule has 0 saturated carbocycles. The van der Waals surface area contributed by atoms with E-state index in [0.29, 0.717) is 18.2 Å². The van der Waals surface area contributed by atoms with E-state index in [0.717, 1.165) is 36.4 Å². The van der Waals surface area contributed by atoms with Gasteiger partial charge < -0.3 is 19.7 Å². The molecule has 2 atom stereocenters. The summed E-state index contributed by atoms with van der Waals surface area (Å²) >= 11 is 0. The predicted molar refractivity (Wildman–Crippen MR) is 109 cm³/mol. The molecule has 0 aliphatic carbocycles. The minimum atomic E-state index is -0.104. The lowest BCUT2D eigenvalue weighted by Gasteiger charge is -2.42. The van der Waals surface area contributed by atoms with Crippen molar-refractivity contribution in [3.8, 4) is 11.5 Å². The molecule has 2 unspecified atom stereocenters. The Hall–Kier alpha value is -2.53. The number of hydrogen-bond donors (Lipinski definition) is 1. The van der Waals surface area contributed by atoms with Gasteiger partial charge in [-0.3, -0.25) is 4.79 Å². The lowest BCUT2D eigenvalue weighted by Crippen LogP contribution is -2.52. The monoisotopic (exact) mass is 380 g/mol. The average Bonchev–Trinajstić information content (AvgIpc) is 2.70. The fourth-order valence-corrected chi connectivity index (χ4v) is 4.31. The number of hydrogen-bond acceptors (Lipinski definition) is 4. The first-order valence-corrected chi connectivity index (χ1v) is 9.95. The maximum Gasteiger partial charge on any atom is 0.226 e. The van der Waals surface area contributed by atoms with Gasteiger partial charge >= 0.3 is 0 Å². The zero-order chi connectivity index (χ0) is 19.7. The number of carbonyl (C=O) groups is 1. The Morgan fingerprint density at radius 3 is 2.39 bits per heavy atom. The molecule has 5 nitrogen and oxygen atoms in total. The molecule has 2 aliphatic rings. The summed E-state index contributed by atoms with van der Waals surface area (Å²) in [6.07, 6.45) is 0.820. The van der Waals surface area contributed by atoms with Crippen molar-refractivity contribution in [2.24, 2.45) is 11.8 Å². The summed E-state index contributed by atoms with van der Waals surface area (Å²) in [5.74, 6) is 2.13. The minimum absolute atomic E-state index is 0.0224. The molecule has 2 aliphatic heterocycles. The number of ether oxygens (including phenoxy) is 2. The maximum absolute atomic E-state index is 13.4. The molecule has 0 bridgehead atoms. The Kier molecular flexibility index (Phi) is 5.27. The second kappa shape index (κ2) is 7.84. The zero-order valence-corrected chi connectivity index (χ0v) is 16.8. The molecule has 0 aromatic heterocycles. The van der Waals surface area contributed by atoms with E-state index in [-0.39, 0.29) is 17.9 Å². The van der Waals surface area contributed by atoms with Crippen molar-refractivity contribution in [1.29, 1.82) is 0 Å². The Morgan fingerprint density at radius 1 is 1.11 bits per heavy atom. The van der Waals surface area contributed by atoms with Crippen LogP contribution in [0.3, 0.4) is 0 Å². The Balaban J connectivity index is 1.77. The highest BCUT2D eigenvalue weighted by molar-refractivity contribution is 5.80. The Morgan fingerprint density at radius 2 is 1.79 bits per heavy atom. The van der Waals surface area contributed by atoms with Gasteiger partial charge in [0, 0.05) is 12.5 Å². The second-order valence-electron chi connectivity index (χ2n) is 7.71. The molecule has 1 N–H and O–H groups in total. The molecule has 2 aromatic carbocycles.